The summed E-state index contributed by atoms with van der Waals surface area (Å²) in [5, 5.41) is 0. The first-order valence-corrected chi connectivity index (χ1v) is 7.40. The topological polar surface area (TPSA) is 61.2 Å². The quantitative estimate of drug-likeness (QED) is 0.631. The van der Waals surface area contributed by atoms with Gasteiger partial charge in [0.05, 0.1) is 7.11 Å². The summed E-state index contributed by atoms with van der Waals surface area (Å²) >= 11 is 0. The number of carbonyl (C=O) groups excluding carboxylic acids is 2. The number of ether oxygens (including phenoxy) is 1. The van der Waals surface area contributed by atoms with E-state index in [1.54, 1.807) is 0 Å². The first kappa shape index (κ1) is 13.2. The van der Waals surface area contributed by atoms with Crippen LogP contribution in [-0.2, 0) is 4.74 Å². The van der Waals surface area contributed by atoms with Crippen LogP contribution in [0.25, 0.3) is 11.4 Å². The lowest BCUT2D eigenvalue weighted by molar-refractivity contribution is 0.0591. The zero-order valence-corrected chi connectivity index (χ0v) is 12.5. The van der Waals surface area contributed by atoms with Gasteiger partial charge in [0.15, 0.2) is 12.0 Å². The van der Waals surface area contributed by atoms with E-state index in [9.17, 15) is 9.59 Å². The average molecular weight is 296 g/mol. The second-order valence-electron chi connectivity index (χ2n) is 6.06. The van der Waals surface area contributed by atoms with Gasteiger partial charge in [0.25, 0.3) is 0 Å². The minimum Gasteiger partial charge on any atom is -0.464 e. The maximum atomic E-state index is 11.9. The highest BCUT2D eigenvalue weighted by Crippen LogP contribution is 2.52. The van der Waals surface area contributed by atoms with Gasteiger partial charge in [0, 0.05) is 11.6 Å². The zero-order chi connectivity index (χ0) is 15.4. The third kappa shape index (κ3) is 1.62. The third-order valence-electron chi connectivity index (χ3n) is 4.81. The molecule has 5 nitrogen and oxygen atoms in total. The molecule has 0 N–H and O–H groups in total. The number of imidazole rings is 1. The van der Waals surface area contributed by atoms with E-state index in [2.05, 4.69) is 23.2 Å². The Kier molecular flexibility index (Phi) is 2.73. The van der Waals surface area contributed by atoms with Crippen molar-refractivity contribution in [3.63, 3.8) is 0 Å². The number of aromatic nitrogens is 2. The molecule has 1 aromatic carbocycles. The van der Waals surface area contributed by atoms with Crippen molar-refractivity contribution in [2.45, 2.75) is 31.7 Å². The standard InChI is InChI=1S/C17H16N2O3/c1-9-3-4-12-10-6-11(7-10)19-14(8-20)15(17(21)22-2)18-16(19)13(12)5-9/h3-5,8,10-11H,6-7H2,1-2H3. The third-order valence-corrected chi connectivity index (χ3v) is 4.81. The van der Waals surface area contributed by atoms with E-state index >= 15 is 0 Å². The Hall–Kier alpha value is -2.43. The molecule has 1 fully saturated rings. The number of benzene rings is 1. The number of aryl methyl sites for hydroxylation is 1. The van der Waals surface area contributed by atoms with Gasteiger partial charge in [-0.15, -0.1) is 0 Å². The number of nitrogens with zero attached hydrogens (tertiary/aromatic N) is 2. The Morgan fingerprint density at radius 1 is 1.41 bits per heavy atom. The van der Waals surface area contributed by atoms with Crippen LogP contribution in [0.1, 0.15) is 56.9 Å². The van der Waals surface area contributed by atoms with Gasteiger partial charge in [-0.25, -0.2) is 9.78 Å². The summed E-state index contributed by atoms with van der Waals surface area (Å²) in [7, 11) is 1.30. The number of methoxy groups -OCH3 is 1. The van der Waals surface area contributed by atoms with Crippen LogP contribution < -0.4 is 0 Å². The molecule has 0 radical (unpaired) electrons. The van der Waals surface area contributed by atoms with Gasteiger partial charge >= 0.3 is 5.97 Å². The molecule has 1 aliphatic carbocycles. The molecule has 0 unspecified atom stereocenters. The molecule has 0 spiro atoms. The summed E-state index contributed by atoms with van der Waals surface area (Å²) < 4.78 is 6.71. The van der Waals surface area contributed by atoms with E-state index in [0.717, 1.165) is 30.3 Å². The first-order valence-electron chi connectivity index (χ1n) is 7.40. The van der Waals surface area contributed by atoms with Crippen LogP contribution in [0, 0.1) is 6.92 Å². The molecule has 2 aliphatic heterocycles. The molecule has 0 amide bonds. The van der Waals surface area contributed by atoms with Gasteiger partial charge in [-0.2, -0.15) is 0 Å². The molecule has 1 aromatic heterocycles. The monoisotopic (exact) mass is 296 g/mol. The van der Waals surface area contributed by atoms with Crippen molar-refractivity contribution >= 4 is 12.3 Å². The van der Waals surface area contributed by atoms with Crippen LogP contribution in [-0.4, -0.2) is 28.9 Å². The lowest BCUT2D eigenvalue weighted by atomic mass is 9.75. The highest BCUT2D eigenvalue weighted by Gasteiger charge is 2.41. The Bertz CT molecular complexity index is 800. The van der Waals surface area contributed by atoms with Crippen LogP contribution >= 0.6 is 0 Å². The van der Waals surface area contributed by atoms with Crippen molar-refractivity contribution in [1.29, 1.82) is 0 Å². The van der Waals surface area contributed by atoms with Gasteiger partial charge in [-0.05, 0) is 37.3 Å². The second-order valence-corrected chi connectivity index (χ2v) is 6.06. The zero-order valence-electron chi connectivity index (χ0n) is 12.5. The molecule has 2 aromatic rings. The van der Waals surface area contributed by atoms with Crippen molar-refractivity contribution in [2.24, 2.45) is 0 Å². The Labute approximate surface area is 127 Å². The predicted molar refractivity (Wildman–Crippen MR) is 80.1 cm³/mol. The number of hydrogen-bond acceptors (Lipinski definition) is 4. The maximum absolute atomic E-state index is 11.9. The SMILES string of the molecule is COC(=O)c1nc2n(c1C=O)C1CC(C1)c1ccc(C)cc1-2. The van der Waals surface area contributed by atoms with Crippen LogP contribution in [0.3, 0.4) is 0 Å². The van der Waals surface area contributed by atoms with E-state index in [1.807, 2.05) is 11.5 Å². The molecule has 0 saturated heterocycles. The average Bonchev–Trinajstić information content (AvgIpc) is 2.74. The lowest BCUT2D eigenvalue weighted by Crippen LogP contribution is -2.24. The Balaban J connectivity index is 2.03. The van der Waals surface area contributed by atoms with E-state index < -0.39 is 5.97 Å². The van der Waals surface area contributed by atoms with Crippen molar-refractivity contribution in [2.75, 3.05) is 7.11 Å². The molecule has 2 bridgehead atoms. The van der Waals surface area contributed by atoms with Crippen molar-refractivity contribution in [3.8, 4) is 11.4 Å². The minimum atomic E-state index is -0.562. The Morgan fingerprint density at radius 3 is 2.86 bits per heavy atom. The van der Waals surface area contributed by atoms with Gasteiger partial charge in [0.2, 0.25) is 0 Å². The van der Waals surface area contributed by atoms with Gasteiger partial charge in [0.1, 0.15) is 11.5 Å². The fraction of sp³-hybridized carbons (Fsp3) is 0.353. The number of rotatable bonds is 2. The van der Waals surface area contributed by atoms with Crippen LogP contribution in [0.15, 0.2) is 18.2 Å². The molecule has 3 heterocycles. The molecule has 112 valence electrons. The predicted octanol–water partition coefficient (Wildman–Crippen LogP) is 2.89. The summed E-state index contributed by atoms with van der Waals surface area (Å²) in [4.78, 5) is 28.0. The smallest absolute Gasteiger partial charge is 0.359 e. The molecule has 3 aliphatic rings. The second kappa shape index (κ2) is 4.53. The highest BCUT2D eigenvalue weighted by atomic mass is 16.5. The largest absolute Gasteiger partial charge is 0.464 e. The summed E-state index contributed by atoms with van der Waals surface area (Å²) in [6, 6.07) is 6.57. The molecule has 1 saturated carbocycles. The molecule has 5 rings (SSSR count). The number of aldehydes is 1. The van der Waals surface area contributed by atoms with E-state index in [1.165, 1.54) is 12.7 Å². The maximum Gasteiger partial charge on any atom is 0.359 e. The number of hydrogen-bond donors (Lipinski definition) is 0. The summed E-state index contributed by atoms with van der Waals surface area (Å²) in [6.07, 6.45) is 2.69. The molecular weight excluding hydrogens is 280 g/mol. The highest BCUT2D eigenvalue weighted by molar-refractivity contribution is 5.97. The van der Waals surface area contributed by atoms with Crippen LogP contribution in [0.4, 0.5) is 0 Å². The van der Waals surface area contributed by atoms with E-state index in [-0.39, 0.29) is 11.7 Å². The first-order chi connectivity index (χ1) is 10.6. The fourth-order valence-corrected chi connectivity index (χ4v) is 3.64. The molecule has 0 atom stereocenters. The van der Waals surface area contributed by atoms with Crippen LogP contribution in [0.5, 0.6) is 0 Å². The van der Waals surface area contributed by atoms with Crippen LogP contribution in [0.2, 0.25) is 0 Å². The summed E-state index contributed by atoms with van der Waals surface area (Å²) in [5.41, 5.74) is 3.88. The van der Waals surface area contributed by atoms with E-state index in [0.29, 0.717) is 17.4 Å². The lowest BCUT2D eigenvalue weighted by Gasteiger charge is -2.35. The number of carbonyl (C=O) groups is 2. The molecule has 5 heteroatoms. The normalized spacial score (nSPS) is 21.2. The van der Waals surface area contributed by atoms with Gasteiger partial charge < -0.3 is 9.30 Å². The molecular formula is C17H16N2O3. The van der Waals surface area contributed by atoms with Crippen molar-refractivity contribution < 1.29 is 14.3 Å². The van der Waals surface area contributed by atoms with Crippen molar-refractivity contribution in [3.05, 3.63) is 40.7 Å². The fourth-order valence-electron chi connectivity index (χ4n) is 3.64. The summed E-state index contributed by atoms with van der Waals surface area (Å²) in [6.45, 7) is 2.03. The minimum absolute atomic E-state index is 0.116. The van der Waals surface area contributed by atoms with Crippen molar-refractivity contribution in [1.82, 2.24) is 9.55 Å². The van der Waals surface area contributed by atoms with E-state index in [4.69, 9.17) is 4.74 Å². The molecule has 22 heavy (non-hydrogen) atoms. The number of esters is 1. The summed E-state index contributed by atoms with van der Waals surface area (Å²) in [5.74, 6) is 0.669. The van der Waals surface area contributed by atoms with Gasteiger partial charge in [-0.1, -0.05) is 17.7 Å². The van der Waals surface area contributed by atoms with Gasteiger partial charge in [-0.3, -0.25) is 4.79 Å². The Morgan fingerprint density at radius 2 is 2.18 bits per heavy atom.